The van der Waals surface area contributed by atoms with Crippen LogP contribution < -0.4 is 5.32 Å². The van der Waals surface area contributed by atoms with E-state index in [2.05, 4.69) is 21.4 Å². The van der Waals surface area contributed by atoms with Crippen LogP contribution in [0.25, 0.3) is 0 Å². The summed E-state index contributed by atoms with van der Waals surface area (Å²) in [5, 5.41) is 12.0. The van der Waals surface area contributed by atoms with Gasteiger partial charge in [0.2, 0.25) is 0 Å². The highest BCUT2D eigenvalue weighted by Gasteiger charge is 2.00. The SMILES string of the molecule is Cc1ncc(NCc2cccc(C#N)c2)nc1C. The normalized spacial score (nSPS) is 9.83. The van der Waals surface area contributed by atoms with E-state index in [1.807, 2.05) is 32.0 Å². The third kappa shape index (κ3) is 2.83. The molecule has 4 nitrogen and oxygen atoms in total. The first-order valence-electron chi connectivity index (χ1n) is 5.72. The van der Waals surface area contributed by atoms with Crippen molar-refractivity contribution < 1.29 is 0 Å². The number of hydrogen-bond acceptors (Lipinski definition) is 4. The quantitative estimate of drug-likeness (QED) is 0.892. The Labute approximate surface area is 106 Å². The Morgan fingerprint density at radius 3 is 2.83 bits per heavy atom. The van der Waals surface area contributed by atoms with Crippen molar-refractivity contribution in [2.45, 2.75) is 20.4 Å². The first-order valence-corrected chi connectivity index (χ1v) is 5.72. The minimum atomic E-state index is 0.632. The zero-order valence-electron chi connectivity index (χ0n) is 10.4. The average molecular weight is 238 g/mol. The molecule has 0 aliphatic rings. The summed E-state index contributed by atoms with van der Waals surface area (Å²) in [5.41, 5.74) is 3.58. The Morgan fingerprint density at radius 1 is 1.28 bits per heavy atom. The molecule has 1 aromatic heterocycles. The van der Waals surface area contributed by atoms with E-state index >= 15 is 0 Å². The van der Waals surface area contributed by atoms with Crippen LogP contribution in [0, 0.1) is 25.2 Å². The Balaban J connectivity index is 2.07. The maximum atomic E-state index is 8.82. The summed E-state index contributed by atoms with van der Waals surface area (Å²) >= 11 is 0. The number of hydrogen-bond donors (Lipinski definition) is 1. The lowest BCUT2D eigenvalue weighted by molar-refractivity contribution is 1.02. The molecule has 4 heteroatoms. The van der Waals surface area contributed by atoms with Gasteiger partial charge in [0.05, 0.1) is 29.2 Å². The summed E-state index contributed by atoms with van der Waals surface area (Å²) in [6, 6.07) is 9.63. The molecule has 1 N–H and O–H groups in total. The van der Waals surface area contributed by atoms with Gasteiger partial charge in [-0.2, -0.15) is 5.26 Å². The molecule has 0 aliphatic carbocycles. The van der Waals surface area contributed by atoms with Crippen LogP contribution in [0.5, 0.6) is 0 Å². The number of nitrogens with zero attached hydrogens (tertiary/aromatic N) is 3. The van der Waals surface area contributed by atoms with Gasteiger partial charge in [-0.3, -0.25) is 4.98 Å². The maximum Gasteiger partial charge on any atom is 0.145 e. The van der Waals surface area contributed by atoms with Crippen molar-refractivity contribution in [1.82, 2.24) is 9.97 Å². The van der Waals surface area contributed by atoms with Crippen LogP contribution in [0.4, 0.5) is 5.82 Å². The summed E-state index contributed by atoms with van der Waals surface area (Å²) in [4.78, 5) is 8.64. The highest BCUT2D eigenvalue weighted by molar-refractivity contribution is 5.37. The van der Waals surface area contributed by atoms with Gasteiger partial charge >= 0.3 is 0 Å². The van der Waals surface area contributed by atoms with Crippen LogP contribution in [0.1, 0.15) is 22.5 Å². The molecular formula is C14H14N4. The zero-order valence-corrected chi connectivity index (χ0v) is 10.4. The van der Waals surface area contributed by atoms with E-state index in [4.69, 9.17) is 5.26 Å². The molecule has 0 amide bonds. The second-order valence-corrected chi connectivity index (χ2v) is 4.09. The summed E-state index contributed by atoms with van der Waals surface area (Å²) < 4.78 is 0. The molecule has 1 heterocycles. The van der Waals surface area contributed by atoms with Crippen LogP contribution >= 0.6 is 0 Å². The van der Waals surface area contributed by atoms with Crippen molar-refractivity contribution in [2.24, 2.45) is 0 Å². The van der Waals surface area contributed by atoms with Crippen LogP contribution in [-0.2, 0) is 6.54 Å². The lowest BCUT2D eigenvalue weighted by Gasteiger charge is -2.07. The molecule has 0 radical (unpaired) electrons. The van der Waals surface area contributed by atoms with Gasteiger partial charge in [0, 0.05) is 6.54 Å². The smallest absolute Gasteiger partial charge is 0.145 e. The second kappa shape index (κ2) is 5.28. The number of aryl methyl sites for hydroxylation is 2. The summed E-state index contributed by atoms with van der Waals surface area (Å²) in [6.45, 7) is 4.50. The molecule has 0 atom stereocenters. The minimum Gasteiger partial charge on any atom is -0.365 e. The largest absolute Gasteiger partial charge is 0.365 e. The van der Waals surface area contributed by atoms with Crippen molar-refractivity contribution in [3.05, 3.63) is 53.0 Å². The van der Waals surface area contributed by atoms with E-state index in [9.17, 15) is 0 Å². The van der Waals surface area contributed by atoms with E-state index < -0.39 is 0 Å². The number of nitriles is 1. The van der Waals surface area contributed by atoms with Crippen LogP contribution in [0.15, 0.2) is 30.5 Å². The fourth-order valence-electron chi connectivity index (χ4n) is 1.57. The van der Waals surface area contributed by atoms with Crippen LogP contribution in [0.3, 0.4) is 0 Å². The maximum absolute atomic E-state index is 8.82. The lowest BCUT2D eigenvalue weighted by atomic mass is 10.1. The molecule has 2 aromatic rings. The van der Waals surface area contributed by atoms with Crippen molar-refractivity contribution >= 4 is 5.82 Å². The van der Waals surface area contributed by atoms with Gasteiger partial charge in [0.25, 0.3) is 0 Å². The van der Waals surface area contributed by atoms with Gasteiger partial charge in [0.1, 0.15) is 5.82 Å². The van der Waals surface area contributed by atoms with Crippen molar-refractivity contribution in [2.75, 3.05) is 5.32 Å². The number of anilines is 1. The molecule has 1 aromatic carbocycles. The Bertz CT molecular complexity index is 599. The van der Waals surface area contributed by atoms with Gasteiger partial charge in [-0.25, -0.2) is 4.98 Å². The van der Waals surface area contributed by atoms with Gasteiger partial charge in [-0.1, -0.05) is 12.1 Å². The Hall–Kier alpha value is -2.41. The molecule has 90 valence electrons. The molecular weight excluding hydrogens is 224 g/mol. The van der Waals surface area contributed by atoms with E-state index in [0.717, 1.165) is 22.8 Å². The van der Waals surface area contributed by atoms with E-state index in [0.29, 0.717) is 12.1 Å². The van der Waals surface area contributed by atoms with E-state index in [1.54, 1.807) is 12.3 Å². The Morgan fingerprint density at radius 2 is 2.11 bits per heavy atom. The number of rotatable bonds is 3. The average Bonchev–Trinajstić information content (AvgIpc) is 2.40. The van der Waals surface area contributed by atoms with Crippen LogP contribution in [0.2, 0.25) is 0 Å². The van der Waals surface area contributed by atoms with Gasteiger partial charge in [-0.05, 0) is 31.5 Å². The third-order valence-corrected chi connectivity index (χ3v) is 2.72. The van der Waals surface area contributed by atoms with Gasteiger partial charge in [0.15, 0.2) is 0 Å². The summed E-state index contributed by atoms with van der Waals surface area (Å²) in [6.07, 6.45) is 1.72. The van der Waals surface area contributed by atoms with Gasteiger partial charge in [-0.15, -0.1) is 0 Å². The highest BCUT2D eigenvalue weighted by atomic mass is 15.0. The molecule has 0 spiro atoms. The topological polar surface area (TPSA) is 61.6 Å². The zero-order chi connectivity index (χ0) is 13.0. The first-order chi connectivity index (χ1) is 8.69. The molecule has 18 heavy (non-hydrogen) atoms. The standard InChI is InChI=1S/C14H14N4/c1-10-11(2)18-14(9-16-10)17-8-13-5-3-4-12(6-13)7-15/h3-6,9H,8H2,1-2H3,(H,17,18). The van der Waals surface area contributed by atoms with Crippen molar-refractivity contribution in [3.63, 3.8) is 0 Å². The van der Waals surface area contributed by atoms with Gasteiger partial charge < -0.3 is 5.32 Å². The third-order valence-electron chi connectivity index (χ3n) is 2.72. The van der Waals surface area contributed by atoms with Crippen LogP contribution in [-0.4, -0.2) is 9.97 Å². The number of benzene rings is 1. The predicted octanol–water partition coefficient (Wildman–Crippen LogP) is 2.58. The number of nitrogens with one attached hydrogen (secondary N) is 1. The monoisotopic (exact) mass is 238 g/mol. The summed E-state index contributed by atoms with van der Waals surface area (Å²) in [5.74, 6) is 0.750. The predicted molar refractivity (Wildman–Crippen MR) is 70.0 cm³/mol. The second-order valence-electron chi connectivity index (χ2n) is 4.09. The highest BCUT2D eigenvalue weighted by Crippen LogP contribution is 2.09. The molecule has 0 aliphatic heterocycles. The molecule has 2 rings (SSSR count). The molecule has 0 saturated carbocycles. The lowest BCUT2D eigenvalue weighted by Crippen LogP contribution is -2.04. The minimum absolute atomic E-state index is 0.632. The Kier molecular flexibility index (Phi) is 3.54. The molecule has 0 saturated heterocycles. The van der Waals surface area contributed by atoms with E-state index in [-0.39, 0.29) is 0 Å². The molecule has 0 bridgehead atoms. The van der Waals surface area contributed by atoms with Crippen molar-refractivity contribution in [1.29, 1.82) is 5.26 Å². The van der Waals surface area contributed by atoms with E-state index in [1.165, 1.54) is 0 Å². The molecule has 0 unspecified atom stereocenters. The fourth-order valence-corrected chi connectivity index (χ4v) is 1.57. The first kappa shape index (κ1) is 12.1. The fraction of sp³-hybridized carbons (Fsp3) is 0.214. The molecule has 0 fully saturated rings. The number of aromatic nitrogens is 2. The van der Waals surface area contributed by atoms with Crippen molar-refractivity contribution in [3.8, 4) is 6.07 Å². The summed E-state index contributed by atoms with van der Waals surface area (Å²) in [7, 11) is 0.